The monoisotopic (exact) mass is 257 g/mol. The van der Waals surface area contributed by atoms with Crippen LogP contribution in [-0.4, -0.2) is 53.1 Å². The van der Waals surface area contributed by atoms with Gasteiger partial charge in [0.25, 0.3) is 0 Å². The van der Waals surface area contributed by atoms with Crippen LogP contribution >= 0.6 is 0 Å². The summed E-state index contributed by atoms with van der Waals surface area (Å²) in [6, 6.07) is 0. The Balaban J connectivity index is 2.01. The number of carbonyl (C=O) groups is 1. The summed E-state index contributed by atoms with van der Waals surface area (Å²) < 4.78 is 11.3. The van der Waals surface area contributed by atoms with E-state index < -0.39 is 5.60 Å². The van der Waals surface area contributed by atoms with Crippen molar-refractivity contribution < 1.29 is 19.4 Å². The Hall–Kier alpha value is -0.810. The van der Waals surface area contributed by atoms with Gasteiger partial charge < -0.3 is 19.5 Å². The highest BCUT2D eigenvalue weighted by atomic mass is 16.6. The molecule has 2 fully saturated rings. The maximum absolute atomic E-state index is 12.1. The lowest BCUT2D eigenvalue weighted by Gasteiger charge is -2.50. The Morgan fingerprint density at radius 1 is 1.50 bits per heavy atom. The van der Waals surface area contributed by atoms with E-state index in [-0.39, 0.29) is 24.4 Å². The summed E-state index contributed by atoms with van der Waals surface area (Å²) in [5.74, 6) is 0. The van der Waals surface area contributed by atoms with E-state index in [1.807, 2.05) is 20.8 Å². The first-order valence-corrected chi connectivity index (χ1v) is 6.60. The number of nitrogens with zero attached hydrogens (tertiary/aromatic N) is 1. The molecule has 1 saturated heterocycles. The van der Waals surface area contributed by atoms with Crippen molar-refractivity contribution in [2.24, 2.45) is 0 Å². The minimum atomic E-state index is -0.489. The number of carbonyl (C=O) groups excluding carboxylic acids is 1. The third kappa shape index (κ3) is 2.95. The molecule has 0 unspecified atom stereocenters. The number of aliphatic hydroxyl groups excluding tert-OH is 1. The topological polar surface area (TPSA) is 59.0 Å². The van der Waals surface area contributed by atoms with Crippen LogP contribution in [0.5, 0.6) is 0 Å². The van der Waals surface area contributed by atoms with Crippen molar-refractivity contribution >= 4 is 6.09 Å². The fraction of sp³-hybridized carbons (Fsp3) is 0.923. The second kappa shape index (κ2) is 4.70. The van der Waals surface area contributed by atoms with Gasteiger partial charge in [0.1, 0.15) is 5.60 Å². The minimum Gasteiger partial charge on any atom is -0.444 e. The van der Waals surface area contributed by atoms with Crippen molar-refractivity contribution in [3.63, 3.8) is 0 Å². The van der Waals surface area contributed by atoms with Gasteiger partial charge in [-0.3, -0.25) is 0 Å². The third-order valence-corrected chi connectivity index (χ3v) is 3.44. The molecule has 1 atom stereocenters. The van der Waals surface area contributed by atoms with Gasteiger partial charge in [-0.15, -0.1) is 0 Å². The molecule has 1 saturated carbocycles. The van der Waals surface area contributed by atoms with Gasteiger partial charge >= 0.3 is 6.09 Å². The molecule has 1 spiro atoms. The molecule has 18 heavy (non-hydrogen) atoms. The number of morpholine rings is 1. The van der Waals surface area contributed by atoms with Crippen LogP contribution in [0.1, 0.15) is 40.0 Å². The Morgan fingerprint density at radius 2 is 2.17 bits per heavy atom. The molecular formula is C13H23NO4. The predicted molar refractivity (Wildman–Crippen MR) is 66.3 cm³/mol. The summed E-state index contributed by atoms with van der Waals surface area (Å²) in [5, 5.41) is 9.27. The molecule has 1 heterocycles. The van der Waals surface area contributed by atoms with Gasteiger partial charge in [-0.25, -0.2) is 4.79 Å². The fourth-order valence-electron chi connectivity index (χ4n) is 2.49. The molecule has 2 rings (SSSR count). The predicted octanol–water partition coefficient (Wildman–Crippen LogP) is 1.54. The van der Waals surface area contributed by atoms with Crippen LogP contribution in [0.25, 0.3) is 0 Å². The van der Waals surface area contributed by atoms with Crippen molar-refractivity contribution in [1.29, 1.82) is 0 Å². The Morgan fingerprint density at radius 3 is 2.61 bits per heavy atom. The van der Waals surface area contributed by atoms with Crippen LogP contribution in [0.3, 0.4) is 0 Å². The molecule has 0 aromatic carbocycles. The molecule has 5 nitrogen and oxygen atoms in total. The highest BCUT2D eigenvalue weighted by molar-refractivity contribution is 5.68. The SMILES string of the molecule is CC(C)(C)OC(=O)N1C[C@@H](CO)OC2(CCC2)C1. The normalized spacial score (nSPS) is 26.9. The first-order chi connectivity index (χ1) is 8.34. The van der Waals surface area contributed by atoms with Crippen LogP contribution in [0.15, 0.2) is 0 Å². The van der Waals surface area contributed by atoms with Gasteiger partial charge in [-0.1, -0.05) is 0 Å². The fourth-order valence-corrected chi connectivity index (χ4v) is 2.49. The van der Waals surface area contributed by atoms with Crippen molar-refractivity contribution in [2.75, 3.05) is 19.7 Å². The standard InChI is InChI=1S/C13H23NO4/c1-12(2,3)18-11(16)14-7-10(8-15)17-13(9-14)5-4-6-13/h10,15H,4-9H2,1-3H3/t10-/m0/s1. The molecule has 0 aromatic heterocycles. The quantitative estimate of drug-likeness (QED) is 0.774. The van der Waals surface area contributed by atoms with E-state index in [1.54, 1.807) is 4.90 Å². The number of amides is 1. The van der Waals surface area contributed by atoms with Crippen LogP contribution in [0, 0.1) is 0 Å². The van der Waals surface area contributed by atoms with Crippen LogP contribution in [0.2, 0.25) is 0 Å². The molecule has 0 aromatic rings. The number of aliphatic hydroxyl groups is 1. The Labute approximate surface area is 108 Å². The number of rotatable bonds is 1. The maximum atomic E-state index is 12.1. The van der Waals surface area contributed by atoms with E-state index in [0.717, 1.165) is 19.3 Å². The van der Waals surface area contributed by atoms with Crippen molar-refractivity contribution in [3.05, 3.63) is 0 Å². The second-order valence-electron chi connectivity index (χ2n) is 6.32. The largest absolute Gasteiger partial charge is 0.444 e. The molecule has 5 heteroatoms. The van der Waals surface area contributed by atoms with E-state index in [4.69, 9.17) is 9.47 Å². The van der Waals surface area contributed by atoms with E-state index in [9.17, 15) is 9.90 Å². The van der Waals surface area contributed by atoms with Gasteiger partial charge in [-0.05, 0) is 40.0 Å². The van der Waals surface area contributed by atoms with Crippen LogP contribution in [0.4, 0.5) is 4.79 Å². The molecule has 1 N–H and O–H groups in total. The summed E-state index contributed by atoms with van der Waals surface area (Å²) in [4.78, 5) is 13.7. The highest BCUT2D eigenvalue weighted by Gasteiger charge is 2.46. The summed E-state index contributed by atoms with van der Waals surface area (Å²) in [5.41, 5.74) is -0.723. The molecular weight excluding hydrogens is 234 g/mol. The lowest BCUT2D eigenvalue weighted by Crippen LogP contribution is -2.61. The lowest BCUT2D eigenvalue weighted by atomic mass is 9.78. The van der Waals surface area contributed by atoms with Crippen molar-refractivity contribution in [3.8, 4) is 0 Å². The van der Waals surface area contributed by atoms with Gasteiger partial charge in [0.2, 0.25) is 0 Å². The smallest absolute Gasteiger partial charge is 0.410 e. The number of hydrogen-bond donors (Lipinski definition) is 1. The molecule has 1 amide bonds. The number of ether oxygens (including phenoxy) is 2. The van der Waals surface area contributed by atoms with E-state index >= 15 is 0 Å². The number of hydrogen-bond acceptors (Lipinski definition) is 4. The first-order valence-electron chi connectivity index (χ1n) is 6.60. The van der Waals surface area contributed by atoms with Gasteiger partial charge in [0.15, 0.2) is 0 Å². The molecule has 1 aliphatic carbocycles. The summed E-state index contributed by atoms with van der Waals surface area (Å²) in [6.45, 7) is 6.50. The summed E-state index contributed by atoms with van der Waals surface area (Å²) >= 11 is 0. The Bertz CT molecular complexity index is 319. The first kappa shape index (κ1) is 13.6. The molecule has 2 aliphatic rings. The molecule has 1 aliphatic heterocycles. The average molecular weight is 257 g/mol. The van der Waals surface area contributed by atoms with Gasteiger partial charge in [0, 0.05) is 0 Å². The van der Waals surface area contributed by atoms with E-state index in [2.05, 4.69) is 0 Å². The van der Waals surface area contributed by atoms with E-state index in [1.165, 1.54) is 0 Å². The van der Waals surface area contributed by atoms with Crippen molar-refractivity contribution in [1.82, 2.24) is 4.90 Å². The summed E-state index contributed by atoms with van der Waals surface area (Å²) in [6.07, 6.45) is 2.45. The molecule has 0 bridgehead atoms. The average Bonchev–Trinajstić information content (AvgIpc) is 2.24. The van der Waals surface area contributed by atoms with E-state index in [0.29, 0.717) is 13.1 Å². The second-order valence-corrected chi connectivity index (χ2v) is 6.32. The maximum Gasteiger partial charge on any atom is 0.410 e. The Kier molecular flexibility index (Phi) is 3.56. The minimum absolute atomic E-state index is 0.0545. The van der Waals surface area contributed by atoms with Crippen LogP contribution in [-0.2, 0) is 9.47 Å². The van der Waals surface area contributed by atoms with Gasteiger partial charge in [0.05, 0.1) is 31.4 Å². The van der Waals surface area contributed by atoms with Crippen molar-refractivity contribution in [2.45, 2.75) is 57.3 Å². The highest BCUT2D eigenvalue weighted by Crippen LogP contribution is 2.40. The van der Waals surface area contributed by atoms with Gasteiger partial charge in [-0.2, -0.15) is 0 Å². The molecule has 0 radical (unpaired) electrons. The zero-order chi connectivity index (χ0) is 13.4. The lowest BCUT2D eigenvalue weighted by molar-refractivity contribution is -0.195. The zero-order valence-electron chi connectivity index (χ0n) is 11.4. The van der Waals surface area contributed by atoms with Crippen LogP contribution < -0.4 is 0 Å². The zero-order valence-corrected chi connectivity index (χ0v) is 11.4. The third-order valence-electron chi connectivity index (χ3n) is 3.44. The molecule has 104 valence electrons. The summed E-state index contributed by atoms with van der Waals surface area (Å²) in [7, 11) is 0.